The number of carbonyl (C=O) groups excluding carboxylic acids is 1. The number of hydrogen-bond donors (Lipinski definition) is 0. The summed E-state index contributed by atoms with van der Waals surface area (Å²) >= 11 is 0. The smallest absolute Gasteiger partial charge is 0.131 e. The van der Waals surface area contributed by atoms with Gasteiger partial charge >= 0.3 is 0 Å². The van der Waals surface area contributed by atoms with E-state index in [9.17, 15) is 4.79 Å². The molecule has 0 amide bonds. The molecule has 1 unspecified atom stereocenters. The zero-order valence-electron chi connectivity index (χ0n) is 14.6. The van der Waals surface area contributed by atoms with E-state index in [1.807, 2.05) is 0 Å². The number of likely N-dealkylation sites (tertiary alicyclic amines) is 1. The van der Waals surface area contributed by atoms with Crippen LogP contribution in [0.15, 0.2) is 30.3 Å². The van der Waals surface area contributed by atoms with Gasteiger partial charge in [-0.15, -0.1) is 0 Å². The number of Topliss-reactive ketones (excluding diaryl/α,β-unsaturated/α-hetero) is 1. The van der Waals surface area contributed by atoms with Crippen LogP contribution in [0.5, 0.6) is 0 Å². The van der Waals surface area contributed by atoms with E-state index in [0.29, 0.717) is 23.5 Å². The number of rotatable bonds is 4. The Balaban J connectivity index is 1.76. The first kappa shape index (κ1) is 16.7. The van der Waals surface area contributed by atoms with Crippen molar-refractivity contribution in [1.29, 1.82) is 0 Å². The molecular formula is C21H31NO. The van der Waals surface area contributed by atoms with Gasteiger partial charge in [0.15, 0.2) is 0 Å². The molecule has 1 saturated carbocycles. The molecule has 2 aliphatic rings. The minimum absolute atomic E-state index is 0.326. The van der Waals surface area contributed by atoms with Gasteiger partial charge in [-0.25, -0.2) is 0 Å². The van der Waals surface area contributed by atoms with Gasteiger partial charge in [0.25, 0.3) is 0 Å². The van der Waals surface area contributed by atoms with Crippen LogP contribution in [-0.2, 0) is 4.79 Å². The summed E-state index contributed by atoms with van der Waals surface area (Å²) in [5.41, 5.74) is 2.01. The van der Waals surface area contributed by atoms with Gasteiger partial charge in [-0.2, -0.15) is 0 Å². The molecule has 1 atom stereocenters. The molecule has 1 aliphatic heterocycles. The van der Waals surface area contributed by atoms with Crippen molar-refractivity contribution in [3.05, 3.63) is 35.9 Å². The molecule has 1 saturated heterocycles. The Bertz CT molecular complexity index is 504. The maximum Gasteiger partial charge on any atom is 0.131 e. The van der Waals surface area contributed by atoms with E-state index in [1.54, 1.807) is 6.92 Å². The third-order valence-electron chi connectivity index (χ3n) is 6.00. The third kappa shape index (κ3) is 4.44. The summed E-state index contributed by atoms with van der Waals surface area (Å²) in [5, 5.41) is 0. The van der Waals surface area contributed by atoms with Crippen LogP contribution >= 0.6 is 0 Å². The minimum Gasteiger partial charge on any atom is -0.302 e. The van der Waals surface area contributed by atoms with E-state index in [4.69, 9.17) is 0 Å². The highest BCUT2D eigenvalue weighted by Gasteiger charge is 2.38. The van der Waals surface area contributed by atoms with Crippen LogP contribution in [0.25, 0.3) is 0 Å². The maximum absolute atomic E-state index is 11.4. The summed E-state index contributed by atoms with van der Waals surface area (Å²) in [4.78, 5) is 14.0. The van der Waals surface area contributed by atoms with Crippen molar-refractivity contribution in [2.45, 2.75) is 64.2 Å². The zero-order valence-corrected chi connectivity index (χ0v) is 14.6. The Labute approximate surface area is 141 Å². The minimum atomic E-state index is 0.326. The molecule has 1 heterocycles. The molecule has 1 aliphatic carbocycles. The van der Waals surface area contributed by atoms with Crippen LogP contribution in [0.2, 0.25) is 0 Å². The van der Waals surface area contributed by atoms with E-state index in [-0.39, 0.29) is 0 Å². The number of ketones is 1. The SMILES string of the molecule is CC(=O)CCN1CCC(c2ccccc2)CC2(CCCCC2)C1. The van der Waals surface area contributed by atoms with Crippen molar-refractivity contribution in [3.8, 4) is 0 Å². The Morgan fingerprint density at radius 1 is 1.17 bits per heavy atom. The fraction of sp³-hybridized carbons (Fsp3) is 0.667. The molecule has 3 rings (SSSR count). The molecule has 1 spiro atoms. The Morgan fingerprint density at radius 3 is 2.61 bits per heavy atom. The number of carbonyl (C=O) groups is 1. The second-order valence-corrected chi connectivity index (χ2v) is 7.89. The lowest BCUT2D eigenvalue weighted by Crippen LogP contribution is -2.38. The van der Waals surface area contributed by atoms with Crippen LogP contribution in [0.1, 0.15) is 69.8 Å². The van der Waals surface area contributed by atoms with E-state index >= 15 is 0 Å². The van der Waals surface area contributed by atoms with Crippen LogP contribution in [0.4, 0.5) is 0 Å². The summed E-state index contributed by atoms with van der Waals surface area (Å²) in [5.74, 6) is 1.02. The highest BCUT2D eigenvalue weighted by atomic mass is 16.1. The van der Waals surface area contributed by atoms with Gasteiger partial charge in [0.05, 0.1) is 0 Å². The number of benzene rings is 1. The molecule has 0 N–H and O–H groups in total. The second kappa shape index (κ2) is 7.61. The molecule has 0 radical (unpaired) electrons. The lowest BCUT2D eigenvalue weighted by molar-refractivity contribution is -0.117. The van der Waals surface area contributed by atoms with Gasteiger partial charge in [0.2, 0.25) is 0 Å². The highest BCUT2D eigenvalue weighted by molar-refractivity contribution is 5.75. The molecule has 1 aromatic carbocycles. The normalized spacial score (nSPS) is 25.2. The number of nitrogens with zero attached hydrogens (tertiary/aromatic N) is 1. The fourth-order valence-electron chi connectivity index (χ4n) is 4.76. The third-order valence-corrected chi connectivity index (χ3v) is 6.00. The van der Waals surface area contributed by atoms with E-state index in [2.05, 4.69) is 35.2 Å². The van der Waals surface area contributed by atoms with Crippen LogP contribution in [-0.4, -0.2) is 30.3 Å². The number of hydrogen-bond acceptors (Lipinski definition) is 2. The first-order chi connectivity index (χ1) is 11.2. The predicted octanol–water partition coefficient (Wildman–Crippen LogP) is 4.80. The molecule has 2 nitrogen and oxygen atoms in total. The average Bonchev–Trinajstić information content (AvgIpc) is 2.74. The zero-order chi connectivity index (χ0) is 16.1. The van der Waals surface area contributed by atoms with Gasteiger partial charge in [-0.1, -0.05) is 49.6 Å². The maximum atomic E-state index is 11.4. The summed E-state index contributed by atoms with van der Waals surface area (Å²) in [7, 11) is 0. The Morgan fingerprint density at radius 2 is 1.91 bits per heavy atom. The lowest BCUT2D eigenvalue weighted by atomic mass is 9.68. The predicted molar refractivity (Wildman–Crippen MR) is 95.7 cm³/mol. The quantitative estimate of drug-likeness (QED) is 0.796. The molecular weight excluding hydrogens is 282 g/mol. The molecule has 2 fully saturated rings. The van der Waals surface area contributed by atoms with Crippen molar-refractivity contribution >= 4 is 5.78 Å². The summed E-state index contributed by atoms with van der Waals surface area (Å²) < 4.78 is 0. The second-order valence-electron chi connectivity index (χ2n) is 7.89. The summed E-state index contributed by atoms with van der Waals surface area (Å²) in [6.45, 7) is 5.04. The fourth-order valence-corrected chi connectivity index (χ4v) is 4.76. The first-order valence-corrected chi connectivity index (χ1v) is 9.44. The van der Waals surface area contributed by atoms with Crippen molar-refractivity contribution in [3.63, 3.8) is 0 Å². The van der Waals surface area contributed by atoms with Crippen molar-refractivity contribution < 1.29 is 4.79 Å². The van der Waals surface area contributed by atoms with Crippen LogP contribution < -0.4 is 0 Å². The van der Waals surface area contributed by atoms with Crippen LogP contribution in [0, 0.1) is 5.41 Å². The summed E-state index contributed by atoms with van der Waals surface area (Å²) in [6.07, 6.45) is 10.2. The van der Waals surface area contributed by atoms with E-state index in [1.165, 1.54) is 57.1 Å². The molecule has 23 heavy (non-hydrogen) atoms. The largest absolute Gasteiger partial charge is 0.302 e. The molecule has 0 bridgehead atoms. The Hall–Kier alpha value is -1.15. The standard InChI is InChI=1S/C21H31NO/c1-18(23)10-14-22-15-11-20(19-8-4-2-5-9-19)16-21(17-22)12-6-3-7-13-21/h2,4-5,8-9,20H,3,6-7,10-17H2,1H3. The van der Waals surface area contributed by atoms with Gasteiger partial charge < -0.3 is 4.90 Å². The molecule has 1 aromatic rings. The molecule has 126 valence electrons. The van der Waals surface area contributed by atoms with Gasteiger partial charge in [0.1, 0.15) is 5.78 Å². The van der Waals surface area contributed by atoms with E-state index in [0.717, 1.165) is 13.1 Å². The molecule has 0 aromatic heterocycles. The topological polar surface area (TPSA) is 20.3 Å². The monoisotopic (exact) mass is 313 g/mol. The van der Waals surface area contributed by atoms with Crippen molar-refractivity contribution in [2.24, 2.45) is 5.41 Å². The van der Waals surface area contributed by atoms with E-state index < -0.39 is 0 Å². The highest BCUT2D eigenvalue weighted by Crippen LogP contribution is 2.47. The first-order valence-electron chi connectivity index (χ1n) is 9.44. The average molecular weight is 313 g/mol. The lowest BCUT2D eigenvalue weighted by Gasteiger charge is -2.40. The van der Waals surface area contributed by atoms with Gasteiger partial charge in [-0.05, 0) is 56.0 Å². The van der Waals surface area contributed by atoms with Crippen LogP contribution in [0.3, 0.4) is 0 Å². The summed E-state index contributed by atoms with van der Waals surface area (Å²) in [6, 6.07) is 11.1. The molecule has 2 heteroatoms. The van der Waals surface area contributed by atoms with Crippen molar-refractivity contribution in [1.82, 2.24) is 4.90 Å². The van der Waals surface area contributed by atoms with Crippen molar-refractivity contribution in [2.75, 3.05) is 19.6 Å². The Kier molecular flexibility index (Phi) is 5.53. The van der Waals surface area contributed by atoms with Gasteiger partial charge in [-0.3, -0.25) is 4.79 Å². The van der Waals surface area contributed by atoms with Gasteiger partial charge in [0, 0.05) is 19.5 Å².